The third-order valence-corrected chi connectivity index (χ3v) is 6.33. The summed E-state index contributed by atoms with van der Waals surface area (Å²) in [7, 11) is -3.73. The van der Waals surface area contributed by atoms with Gasteiger partial charge in [0.15, 0.2) is 0 Å². The second-order valence-electron chi connectivity index (χ2n) is 7.56. The van der Waals surface area contributed by atoms with E-state index in [1.165, 1.54) is 34.4 Å². The molecule has 0 radical (unpaired) electrons. The molecule has 0 atom stereocenters. The predicted molar refractivity (Wildman–Crippen MR) is 125 cm³/mol. The van der Waals surface area contributed by atoms with Gasteiger partial charge < -0.3 is 10.1 Å². The van der Waals surface area contributed by atoms with Gasteiger partial charge in [-0.25, -0.2) is 18.4 Å². The fraction of sp³-hybridized carbons (Fsp3) is 0.160. The molecule has 6 nitrogen and oxygen atoms in total. The zero-order chi connectivity index (χ0) is 22.6. The fourth-order valence-corrected chi connectivity index (χ4v) is 4.49. The molecule has 7 heteroatoms. The minimum atomic E-state index is -3.73. The molecule has 1 aliphatic carbocycles. The molecule has 0 unspecified atom stereocenters. The first kappa shape index (κ1) is 21.8. The van der Waals surface area contributed by atoms with Crippen molar-refractivity contribution in [2.24, 2.45) is 5.14 Å². The summed E-state index contributed by atoms with van der Waals surface area (Å²) in [5, 5.41) is 7.90. The number of sulfonamides is 1. The number of hydrogen-bond acceptors (Lipinski definition) is 4. The summed E-state index contributed by atoms with van der Waals surface area (Å²) in [6.45, 7) is 0.679. The second kappa shape index (κ2) is 9.38. The summed E-state index contributed by atoms with van der Waals surface area (Å²) in [6.07, 6.45) is 3.75. The molecule has 0 aliphatic heterocycles. The molecule has 164 valence electrons. The first-order valence-electron chi connectivity index (χ1n) is 10.3. The number of alkyl carbamates (subject to hydrolysis) is 1. The van der Waals surface area contributed by atoms with Crippen molar-refractivity contribution >= 4 is 22.2 Å². The van der Waals surface area contributed by atoms with Crippen molar-refractivity contribution in [3.63, 3.8) is 0 Å². The Balaban J connectivity index is 1.27. The maximum Gasteiger partial charge on any atom is 0.407 e. The molecule has 0 saturated carbocycles. The summed E-state index contributed by atoms with van der Waals surface area (Å²) < 4.78 is 28.3. The van der Waals surface area contributed by atoms with Crippen LogP contribution < -0.4 is 10.5 Å². The van der Waals surface area contributed by atoms with Crippen molar-refractivity contribution in [3.05, 3.63) is 95.6 Å². The van der Waals surface area contributed by atoms with Crippen molar-refractivity contribution in [2.45, 2.75) is 17.2 Å². The average Bonchev–Trinajstić information content (AvgIpc) is 3.11. The van der Waals surface area contributed by atoms with Gasteiger partial charge in [-0.1, -0.05) is 72.8 Å². The summed E-state index contributed by atoms with van der Waals surface area (Å²) in [6, 6.07) is 22.8. The van der Waals surface area contributed by atoms with Crippen molar-refractivity contribution in [1.82, 2.24) is 5.32 Å². The lowest BCUT2D eigenvalue weighted by atomic mass is 9.98. The first-order chi connectivity index (χ1) is 15.4. The van der Waals surface area contributed by atoms with Gasteiger partial charge in [-0.15, -0.1) is 0 Å². The van der Waals surface area contributed by atoms with E-state index in [2.05, 4.69) is 29.6 Å². The van der Waals surface area contributed by atoms with Crippen LogP contribution in [0.15, 0.2) is 83.8 Å². The summed E-state index contributed by atoms with van der Waals surface area (Å²) in [5.41, 5.74) is 5.44. The third-order valence-electron chi connectivity index (χ3n) is 5.42. The van der Waals surface area contributed by atoms with E-state index in [1.807, 2.05) is 30.3 Å². The number of ether oxygens (including phenoxy) is 1. The van der Waals surface area contributed by atoms with E-state index in [-0.39, 0.29) is 17.4 Å². The number of carbonyl (C=O) groups excluding carboxylic acids is 1. The fourth-order valence-electron chi connectivity index (χ4n) is 3.92. The van der Waals surface area contributed by atoms with Gasteiger partial charge in [0.1, 0.15) is 6.61 Å². The monoisotopic (exact) mass is 448 g/mol. The van der Waals surface area contributed by atoms with Crippen LogP contribution in [0.2, 0.25) is 0 Å². The smallest absolute Gasteiger partial charge is 0.407 e. The van der Waals surface area contributed by atoms with E-state index in [1.54, 1.807) is 18.2 Å². The second-order valence-corrected chi connectivity index (χ2v) is 9.12. The lowest BCUT2D eigenvalue weighted by Crippen LogP contribution is -2.26. The van der Waals surface area contributed by atoms with Gasteiger partial charge in [0.05, 0.1) is 4.90 Å². The molecule has 0 saturated heterocycles. The van der Waals surface area contributed by atoms with Crippen molar-refractivity contribution in [2.75, 3.05) is 13.2 Å². The van der Waals surface area contributed by atoms with Crippen LogP contribution in [0, 0.1) is 0 Å². The van der Waals surface area contributed by atoms with Gasteiger partial charge in [0.2, 0.25) is 10.0 Å². The molecule has 1 amide bonds. The van der Waals surface area contributed by atoms with Crippen LogP contribution in [-0.4, -0.2) is 27.7 Å². The van der Waals surface area contributed by atoms with Gasteiger partial charge in [-0.2, -0.15) is 0 Å². The number of amides is 1. The molecular formula is C25H24N2O4S. The molecule has 0 fully saturated rings. The van der Waals surface area contributed by atoms with E-state index in [4.69, 9.17) is 9.88 Å². The highest BCUT2D eigenvalue weighted by atomic mass is 32.2. The standard InChI is InChI=1S/C25H24N2O4S/c26-32(29,30)19-10-7-9-18(16-19)8-5-6-15-27-25(28)31-17-24-22-13-3-1-11-20(22)21-12-2-4-14-23(21)24/h1-5,7-14,16,24H,6,15,17H2,(H,27,28)(H2,26,29,30). The lowest BCUT2D eigenvalue weighted by molar-refractivity contribution is 0.143. The van der Waals surface area contributed by atoms with Gasteiger partial charge in [-0.3, -0.25) is 0 Å². The summed E-state index contributed by atoms with van der Waals surface area (Å²) in [5.74, 6) is 0.0270. The Bertz CT molecular complexity index is 1220. The highest BCUT2D eigenvalue weighted by Crippen LogP contribution is 2.44. The number of primary sulfonamides is 1. The normalized spacial score (nSPS) is 13.0. The Hall–Kier alpha value is -3.42. The molecule has 1 aliphatic rings. The van der Waals surface area contributed by atoms with Crippen molar-refractivity contribution in [3.8, 4) is 11.1 Å². The van der Waals surface area contributed by atoms with Crippen LogP contribution >= 0.6 is 0 Å². The van der Waals surface area contributed by atoms with Gasteiger partial charge in [0.25, 0.3) is 0 Å². The Labute approximate surface area is 187 Å². The Kier molecular flexibility index (Phi) is 6.39. The van der Waals surface area contributed by atoms with Crippen LogP contribution in [0.25, 0.3) is 17.2 Å². The lowest BCUT2D eigenvalue weighted by Gasteiger charge is -2.14. The van der Waals surface area contributed by atoms with E-state index in [0.717, 1.165) is 5.56 Å². The number of benzene rings is 3. The molecule has 32 heavy (non-hydrogen) atoms. The first-order valence-corrected chi connectivity index (χ1v) is 11.9. The summed E-state index contributed by atoms with van der Waals surface area (Å²) >= 11 is 0. The Morgan fingerprint density at radius 3 is 2.28 bits per heavy atom. The number of rotatable bonds is 7. The molecule has 0 aromatic heterocycles. The van der Waals surface area contributed by atoms with E-state index in [0.29, 0.717) is 13.0 Å². The molecule has 3 aromatic carbocycles. The highest BCUT2D eigenvalue weighted by Gasteiger charge is 2.28. The van der Waals surface area contributed by atoms with E-state index >= 15 is 0 Å². The molecule has 4 rings (SSSR count). The number of hydrogen-bond donors (Lipinski definition) is 2. The van der Waals surface area contributed by atoms with Gasteiger partial charge >= 0.3 is 6.09 Å². The van der Waals surface area contributed by atoms with Crippen LogP contribution in [-0.2, 0) is 14.8 Å². The van der Waals surface area contributed by atoms with E-state index < -0.39 is 16.1 Å². The Morgan fingerprint density at radius 2 is 1.62 bits per heavy atom. The molecule has 0 bridgehead atoms. The quantitative estimate of drug-likeness (QED) is 0.527. The number of nitrogens with one attached hydrogen (secondary N) is 1. The van der Waals surface area contributed by atoms with Crippen LogP contribution in [0.1, 0.15) is 29.0 Å². The number of fused-ring (bicyclic) bond motifs is 3. The van der Waals surface area contributed by atoms with Crippen LogP contribution in [0.5, 0.6) is 0 Å². The highest BCUT2D eigenvalue weighted by molar-refractivity contribution is 7.89. The zero-order valence-electron chi connectivity index (χ0n) is 17.4. The SMILES string of the molecule is NS(=O)(=O)c1cccc(C=CCCNC(=O)OCC2c3ccccc3-c3ccccc32)c1. The molecule has 3 N–H and O–H groups in total. The predicted octanol–water partition coefficient (Wildman–Crippen LogP) is 4.28. The van der Waals surface area contributed by atoms with E-state index in [9.17, 15) is 13.2 Å². The topological polar surface area (TPSA) is 98.5 Å². The number of carbonyl (C=O) groups is 1. The number of nitrogens with two attached hydrogens (primary N) is 1. The minimum Gasteiger partial charge on any atom is -0.449 e. The average molecular weight is 449 g/mol. The largest absolute Gasteiger partial charge is 0.449 e. The summed E-state index contributed by atoms with van der Waals surface area (Å²) in [4.78, 5) is 12.2. The van der Waals surface area contributed by atoms with Crippen LogP contribution in [0.4, 0.5) is 4.79 Å². The van der Waals surface area contributed by atoms with Gasteiger partial charge in [0, 0.05) is 12.5 Å². The maximum atomic E-state index is 12.2. The Morgan fingerprint density at radius 1 is 0.969 bits per heavy atom. The third kappa shape index (κ3) is 4.90. The molecule has 0 spiro atoms. The van der Waals surface area contributed by atoms with Crippen molar-refractivity contribution in [1.29, 1.82) is 0 Å². The zero-order valence-corrected chi connectivity index (χ0v) is 18.2. The van der Waals surface area contributed by atoms with Crippen molar-refractivity contribution < 1.29 is 17.9 Å². The minimum absolute atomic E-state index is 0.0270. The van der Waals surface area contributed by atoms with Crippen LogP contribution in [0.3, 0.4) is 0 Å². The maximum absolute atomic E-state index is 12.2. The van der Waals surface area contributed by atoms with Gasteiger partial charge in [-0.05, 0) is 46.4 Å². The molecule has 3 aromatic rings. The molecule has 0 heterocycles. The molecular weight excluding hydrogens is 424 g/mol.